The fourth-order valence-corrected chi connectivity index (χ4v) is 2.38. The number of benzene rings is 2. The van der Waals surface area contributed by atoms with Crippen LogP contribution in [0.15, 0.2) is 59.5 Å². The second kappa shape index (κ2) is 5.22. The topological polar surface area (TPSA) is 45.8 Å². The molecule has 0 radical (unpaired) electrons. The lowest BCUT2D eigenvalue weighted by Gasteiger charge is -2.11. The van der Waals surface area contributed by atoms with Crippen molar-refractivity contribution in [3.63, 3.8) is 0 Å². The van der Waals surface area contributed by atoms with Crippen LogP contribution in [-0.2, 0) is 6.54 Å². The number of nitriles is 1. The summed E-state index contributed by atoms with van der Waals surface area (Å²) in [5, 5.41) is 9.72. The Labute approximate surface area is 120 Å². The van der Waals surface area contributed by atoms with E-state index in [0.29, 0.717) is 23.1 Å². The molecular formula is C17H11FN2O. The third kappa shape index (κ3) is 2.41. The van der Waals surface area contributed by atoms with Crippen LogP contribution in [0.1, 0.15) is 11.1 Å². The minimum absolute atomic E-state index is 0.0541. The van der Waals surface area contributed by atoms with Gasteiger partial charge in [0, 0.05) is 24.2 Å². The first-order valence-electron chi connectivity index (χ1n) is 6.46. The van der Waals surface area contributed by atoms with Gasteiger partial charge in [0.25, 0.3) is 0 Å². The number of pyridine rings is 1. The maximum absolute atomic E-state index is 13.4. The zero-order valence-electron chi connectivity index (χ0n) is 11.1. The smallest absolute Gasteiger partial charge is 0.189 e. The van der Waals surface area contributed by atoms with Crippen LogP contribution in [0.2, 0.25) is 0 Å². The Kier molecular flexibility index (Phi) is 3.25. The van der Waals surface area contributed by atoms with E-state index in [1.807, 2.05) is 16.7 Å². The van der Waals surface area contributed by atoms with Crippen molar-refractivity contribution in [2.75, 3.05) is 0 Å². The Balaban J connectivity index is 2.16. The molecule has 0 amide bonds. The summed E-state index contributed by atoms with van der Waals surface area (Å²) in [6.07, 6.45) is 1.66. The highest BCUT2D eigenvalue weighted by molar-refractivity contribution is 5.78. The van der Waals surface area contributed by atoms with Gasteiger partial charge in [-0.05, 0) is 35.9 Å². The molecule has 2 aromatic carbocycles. The summed E-state index contributed by atoms with van der Waals surface area (Å²) in [7, 11) is 0. The number of aromatic nitrogens is 1. The van der Waals surface area contributed by atoms with Crippen molar-refractivity contribution in [2.45, 2.75) is 6.54 Å². The molecule has 0 unspecified atom stereocenters. The van der Waals surface area contributed by atoms with Gasteiger partial charge in [0.15, 0.2) is 5.43 Å². The van der Waals surface area contributed by atoms with Gasteiger partial charge in [0.05, 0.1) is 17.1 Å². The molecule has 102 valence electrons. The largest absolute Gasteiger partial charge is 0.343 e. The molecule has 3 rings (SSSR count). The maximum atomic E-state index is 13.4. The van der Waals surface area contributed by atoms with Gasteiger partial charge in [-0.1, -0.05) is 12.1 Å². The van der Waals surface area contributed by atoms with Crippen LogP contribution in [0.5, 0.6) is 0 Å². The summed E-state index contributed by atoms with van der Waals surface area (Å²) in [6, 6.07) is 14.9. The van der Waals surface area contributed by atoms with E-state index in [-0.39, 0.29) is 11.2 Å². The molecule has 4 heteroatoms. The lowest BCUT2D eigenvalue weighted by Crippen LogP contribution is -2.09. The Bertz CT molecular complexity index is 922. The predicted octanol–water partition coefficient (Wildman–Crippen LogP) is 3.06. The van der Waals surface area contributed by atoms with Crippen LogP contribution in [-0.4, -0.2) is 4.57 Å². The van der Waals surface area contributed by atoms with Crippen LogP contribution in [0, 0.1) is 17.1 Å². The molecule has 0 aliphatic heterocycles. The number of halogens is 1. The fourth-order valence-electron chi connectivity index (χ4n) is 2.38. The van der Waals surface area contributed by atoms with Gasteiger partial charge in [-0.2, -0.15) is 5.26 Å². The Hall–Kier alpha value is -2.93. The highest BCUT2D eigenvalue weighted by atomic mass is 19.1. The summed E-state index contributed by atoms with van der Waals surface area (Å²) in [5.41, 5.74) is 1.73. The van der Waals surface area contributed by atoms with E-state index in [1.165, 1.54) is 24.3 Å². The van der Waals surface area contributed by atoms with Crippen LogP contribution >= 0.6 is 0 Å². The highest BCUT2D eigenvalue weighted by Crippen LogP contribution is 2.16. The minimum atomic E-state index is -0.380. The van der Waals surface area contributed by atoms with Gasteiger partial charge in [-0.15, -0.1) is 0 Å². The summed E-state index contributed by atoms with van der Waals surface area (Å²) >= 11 is 0. The SMILES string of the molecule is N#Cc1ccc(F)cc1Cn1ccc(=O)c2ccccc21. The van der Waals surface area contributed by atoms with Crippen molar-refractivity contribution in [3.05, 3.63) is 81.9 Å². The molecule has 0 spiro atoms. The quantitative estimate of drug-likeness (QED) is 0.723. The second-order valence-corrected chi connectivity index (χ2v) is 4.74. The average Bonchev–Trinajstić information content (AvgIpc) is 2.51. The Morgan fingerprint density at radius 1 is 1.14 bits per heavy atom. The van der Waals surface area contributed by atoms with Gasteiger partial charge in [0.1, 0.15) is 5.82 Å². The van der Waals surface area contributed by atoms with E-state index < -0.39 is 0 Å². The van der Waals surface area contributed by atoms with E-state index in [2.05, 4.69) is 6.07 Å². The molecule has 21 heavy (non-hydrogen) atoms. The minimum Gasteiger partial charge on any atom is -0.343 e. The third-order valence-electron chi connectivity index (χ3n) is 3.41. The van der Waals surface area contributed by atoms with Gasteiger partial charge in [-0.3, -0.25) is 4.79 Å². The first-order chi connectivity index (χ1) is 10.2. The van der Waals surface area contributed by atoms with E-state index in [1.54, 1.807) is 18.3 Å². The Morgan fingerprint density at radius 3 is 2.76 bits per heavy atom. The molecule has 0 aliphatic rings. The van der Waals surface area contributed by atoms with Gasteiger partial charge < -0.3 is 4.57 Å². The number of rotatable bonds is 2. The molecular weight excluding hydrogens is 267 g/mol. The monoisotopic (exact) mass is 278 g/mol. The van der Waals surface area contributed by atoms with Gasteiger partial charge in [-0.25, -0.2) is 4.39 Å². The molecule has 0 atom stereocenters. The molecule has 0 N–H and O–H groups in total. The standard InChI is InChI=1S/C17H11FN2O/c18-14-6-5-12(10-19)13(9-14)11-20-8-7-17(21)15-3-1-2-4-16(15)20/h1-9H,11H2. The predicted molar refractivity (Wildman–Crippen MR) is 78.4 cm³/mol. The summed E-state index contributed by atoms with van der Waals surface area (Å²) in [4.78, 5) is 11.8. The molecule has 1 heterocycles. The van der Waals surface area contributed by atoms with E-state index in [0.717, 1.165) is 5.52 Å². The van der Waals surface area contributed by atoms with E-state index >= 15 is 0 Å². The first kappa shape index (κ1) is 13.1. The highest BCUT2D eigenvalue weighted by Gasteiger charge is 2.07. The van der Waals surface area contributed by atoms with Crippen LogP contribution in [0.25, 0.3) is 10.9 Å². The summed E-state index contributed by atoms with van der Waals surface area (Å²) in [5.74, 6) is -0.380. The van der Waals surface area contributed by atoms with Crippen molar-refractivity contribution >= 4 is 10.9 Å². The molecule has 1 aromatic heterocycles. The number of hydrogen-bond donors (Lipinski definition) is 0. The number of fused-ring (bicyclic) bond motifs is 1. The fraction of sp³-hybridized carbons (Fsp3) is 0.0588. The molecule has 0 bridgehead atoms. The first-order valence-corrected chi connectivity index (χ1v) is 6.46. The van der Waals surface area contributed by atoms with Crippen molar-refractivity contribution in [2.24, 2.45) is 0 Å². The molecule has 0 saturated carbocycles. The van der Waals surface area contributed by atoms with Crippen molar-refractivity contribution in [1.29, 1.82) is 5.26 Å². The zero-order chi connectivity index (χ0) is 14.8. The van der Waals surface area contributed by atoms with Crippen molar-refractivity contribution in [3.8, 4) is 6.07 Å². The third-order valence-corrected chi connectivity index (χ3v) is 3.41. The lowest BCUT2D eigenvalue weighted by molar-refractivity contribution is 0.623. The normalized spacial score (nSPS) is 10.5. The molecule has 0 saturated heterocycles. The maximum Gasteiger partial charge on any atom is 0.189 e. The van der Waals surface area contributed by atoms with Crippen LogP contribution < -0.4 is 5.43 Å². The van der Waals surface area contributed by atoms with Crippen molar-refractivity contribution in [1.82, 2.24) is 4.57 Å². The lowest BCUT2D eigenvalue weighted by atomic mass is 10.1. The summed E-state index contributed by atoms with van der Waals surface area (Å²) in [6.45, 7) is 0.335. The molecule has 0 fully saturated rings. The van der Waals surface area contributed by atoms with Crippen LogP contribution in [0.3, 0.4) is 0 Å². The molecule has 0 aliphatic carbocycles. The van der Waals surface area contributed by atoms with Crippen LogP contribution in [0.4, 0.5) is 4.39 Å². The second-order valence-electron chi connectivity index (χ2n) is 4.74. The number of hydrogen-bond acceptors (Lipinski definition) is 2. The zero-order valence-corrected chi connectivity index (χ0v) is 11.1. The summed E-state index contributed by atoms with van der Waals surface area (Å²) < 4.78 is 15.2. The van der Waals surface area contributed by atoms with Gasteiger partial charge in [0.2, 0.25) is 0 Å². The average molecular weight is 278 g/mol. The molecule has 3 nitrogen and oxygen atoms in total. The van der Waals surface area contributed by atoms with E-state index in [4.69, 9.17) is 5.26 Å². The van der Waals surface area contributed by atoms with Crippen molar-refractivity contribution < 1.29 is 4.39 Å². The van der Waals surface area contributed by atoms with E-state index in [9.17, 15) is 9.18 Å². The Morgan fingerprint density at radius 2 is 1.95 bits per heavy atom. The molecule has 3 aromatic rings. The number of nitrogens with zero attached hydrogens (tertiary/aromatic N) is 2. The van der Waals surface area contributed by atoms with Gasteiger partial charge >= 0.3 is 0 Å². The number of para-hydroxylation sites is 1.